The maximum absolute atomic E-state index is 11.5. The summed E-state index contributed by atoms with van der Waals surface area (Å²) in [7, 11) is 0. The molecule has 1 aromatic rings. The van der Waals surface area contributed by atoms with Crippen molar-refractivity contribution in [3.8, 4) is 5.75 Å². The van der Waals surface area contributed by atoms with E-state index in [4.69, 9.17) is 15.2 Å². The van der Waals surface area contributed by atoms with Gasteiger partial charge in [-0.05, 0) is 6.92 Å². The molecule has 17 heavy (non-hydrogen) atoms. The molecule has 0 aromatic heterocycles. The first-order valence-electron chi connectivity index (χ1n) is 5.88. The van der Waals surface area contributed by atoms with Gasteiger partial charge in [-0.2, -0.15) is 0 Å². The number of nitrogens with two attached hydrogens (primary N) is 1. The van der Waals surface area contributed by atoms with Gasteiger partial charge in [0, 0.05) is 23.6 Å². The Morgan fingerprint density at radius 1 is 1.59 bits per heavy atom. The van der Waals surface area contributed by atoms with Crippen LogP contribution < -0.4 is 10.5 Å². The molecule has 1 unspecified atom stereocenters. The lowest BCUT2D eigenvalue weighted by molar-refractivity contribution is -0.142. The third kappa shape index (κ3) is 2.58. The zero-order chi connectivity index (χ0) is 12.3. The Bertz CT molecular complexity index is 417. The van der Waals surface area contributed by atoms with Crippen LogP contribution in [0.4, 0.5) is 0 Å². The van der Waals surface area contributed by atoms with Gasteiger partial charge in [-0.3, -0.25) is 4.79 Å². The van der Waals surface area contributed by atoms with E-state index in [2.05, 4.69) is 0 Å². The SMILES string of the molecule is CCOC(=O)Cc1cccc2c1OCCC2N. The zero-order valence-electron chi connectivity index (χ0n) is 9.94. The van der Waals surface area contributed by atoms with Crippen molar-refractivity contribution in [1.29, 1.82) is 0 Å². The van der Waals surface area contributed by atoms with Crippen molar-refractivity contribution in [2.45, 2.75) is 25.8 Å². The van der Waals surface area contributed by atoms with Gasteiger partial charge >= 0.3 is 5.97 Å². The molecule has 1 aliphatic rings. The van der Waals surface area contributed by atoms with Crippen molar-refractivity contribution in [2.24, 2.45) is 5.73 Å². The van der Waals surface area contributed by atoms with Crippen LogP contribution in [-0.4, -0.2) is 19.2 Å². The normalized spacial score (nSPS) is 18.1. The van der Waals surface area contributed by atoms with Gasteiger partial charge in [0.05, 0.1) is 19.6 Å². The second-order valence-electron chi connectivity index (χ2n) is 4.06. The summed E-state index contributed by atoms with van der Waals surface area (Å²) in [6.07, 6.45) is 1.06. The van der Waals surface area contributed by atoms with Gasteiger partial charge in [-0.25, -0.2) is 0 Å². The summed E-state index contributed by atoms with van der Waals surface area (Å²) in [6, 6.07) is 5.74. The average molecular weight is 235 g/mol. The van der Waals surface area contributed by atoms with E-state index in [1.165, 1.54) is 0 Å². The van der Waals surface area contributed by atoms with E-state index in [9.17, 15) is 4.79 Å². The molecule has 4 nitrogen and oxygen atoms in total. The molecule has 0 radical (unpaired) electrons. The minimum atomic E-state index is -0.233. The number of hydrogen-bond acceptors (Lipinski definition) is 4. The topological polar surface area (TPSA) is 61.5 Å². The number of fused-ring (bicyclic) bond motifs is 1. The van der Waals surface area contributed by atoms with Gasteiger partial charge in [0.15, 0.2) is 0 Å². The van der Waals surface area contributed by atoms with Gasteiger partial charge in [-0.1, -0.05) is 18.2 Å². The summed E-state index contributed by atoms with van der Waals surface area (Å²) in [5.41, 5.74) is 7.85. The fraction of sp³-hybridized carbons (Fsp3) is 0.462. The van der Waals surface area contributed by atoms with Crippen LogP contribution in [0.1, 0.15) is 30.5 Å². The standard InChI is InChI=1S/C13H17NO3/c1-2-16-12(15)8-9-4-3-5-10-11(14)6-7-17-13(9)10/h3-5,11H,2,6-8,14H2,1H3. The van der Waals surface area contributed by atoms with Crippen LogP contribution >= 0.6 is 0 Å². The second-order valence-corrected chi connectivity index (χ2v) is 4.06. The molecule has 0 spiro atoms. The zero-order valence-corrected chi connectivity index (χ0v) is 9.94. The number of rotatable bonds is 3. The largest absolute Gasteiger partial charge is 0.493 e. The molecule has 0 aliphatic carbocycles. The van der Waals surface area contributed by atoms with Crippen LogP contribution in [0.3, 0.4) is 0 Å². The third-order valence-corrected chi connectivity index (χ3v) is 2.84. The van der Waals surface area contributed by atoms with E-state index in [0.29, 0.717) is 13.2 Å². The van der Waals surface area contributed by atoms with Gasteiger partial charge in [-0.15, -0.1) is 0 Å². The maximum atomic E-state index is 11.5. The highest BCUT2D eigenvalue weighted by Gasteiger charge is 2.21. The van der Waals surface area contributed by atoms with Gasteiger partial charge in [0.25, 0.3) is 0 Å². The fourth-order valence-electron chi connectivity index (χ4n) is 2.02. The van der Waals surface area contributed by atoms with Gasteiger partial charge in [0.1, 0.15) is 5.75 Å². The van der Waals surface area contributed by atoms with Crippen molar-refractivity contribution in [2.75, 3.05) is 13.2 Å². The second kappa shape index (κ2) is 5.19. The lowest BCUT2D eigenvalue weighted by atomic mass is 9.97. The molecule has 0 saturated heterocycles. The molecule has 2 rings (SSSR count). The Balaban J connectivity index is 2.23. The predicted molar refractivity (Wildman–Crippen MR) is 63.8 cm³/mol. The van der Waals surface area contributed by atoms with Crippen molar-refractivity contribution < 1.29 is 14.3 Å². The quantitative estimate of drug-likeness (QED) is 0.808. The van der Waals surface area contributed by atoms with Crippen LogP contribution in [0.5, 0.6) is 5.75 Å². The maximum Gasteiger partial charge on any atom is 0.310 e. The molecule has 1 heterocycles. The van der Waals surface area contributed by atoms with Crippen molar-refractivity contribution in [3.05, 3.63) is 29.3 Å². The molecule has 1 atom stereocenters. The molecule has 2 N–H and O–H groups in total. The summed E-state index contributed by atoms with van der Waals surface area (Å²) in [5, 5.41) is 0. The smallest absolute Gasteiger partial charge is 0.310 e. The number of para-hydroxylation sites is 1. The Hall–Kier alpha value is -1.55. The molecular weight excluding hydrogens is 218 g/mol. The summed E-state index contributed by atoms with van der Waals surface area (Å²) < 4.78 is 10.6. The fourth-order valence-corrected chi connectivity index (χ4v) is 2.02. The van der Waals surface area contributed by atoms with E-state index < -0.39 is 0 Å². The van der Waals surface area contributed by atoms with E-state index in [-0.39, 0.29) is 18.4 Å². The molecular formula is C13H17NO3. The van der Waals surface area contributed by atoms with Crippen molar-refractivity contribution >= 4 is 5.97 Å². The summed E-state index contributed by atoms with van der Waals surface area (Å²) in [5.74, 6) is 0.531. The first-order valence-corrected chi connectivity index (χ1v) is 5.88. The first kappa shape index (κ1) is 11.9. The first-order chi connectivity index (χ1) is 8.22. The molecule has 0 bridgehead atoms. The minimum Gasteiger partial charge on any atom is -0.493 e. The van der Waals surface area contributed by atoms with Crippen LogP contribution in [-0.2, 0) is 16.0 Å². The monoisotopic (exact) mass is 235 g/mol. The summed E-state index contributed by atoms with van der Waals surface area (Å²) in [4.78, 5) is 11.5. The molecule has 0 amide bonds. The van der Waals surface area contributed by atoms with E-state index >= 15 is 0 Å². The van der Waals surface area contributed by atoms with E-state index in [0.717, 1.165) is 23.3 Å². The van der Waals surface area contributed by atoms with Gasteiger partial charge in [0.2, 0.25) is 0 Å². The number of carbonyl (C=O) groups is 1. The average Bonchev–Trinajstić information content (AvgIpc) is 2.31. The van der Waals surface area contributed by atoms with E-state index in [1.54, 1.807) is 6.92 Å². The number of ether oxygens (including phenoxy) is 2. The highest BCUT2D eigenvalue weighted by molar-refractivity contribution is 5.74. The van der Waals surface area contributed by atoms with Crippen molar-refractivity contribution in [3.63, 3.8) is 0 Å². The molecule has 4 heteroatoms. The minimum absolute atomic E-state index is 0.000829. The lowest BCUT2D eigenvalue weighted by Crippen LogP contribution is -2.22. The highest BCUT2D eigenvalue weighted by atomic mass is 16.5. The van der Waals surface area contributed by atoms with E-state index in [1.807, 2.05) is 18.2 Å². The summed E-state index contributed by atoms with van der Waals surface area (Å²) in [6.45, 7) is 2.80. The molecule has 0 saturated carbocycles. The predicted octanol–water partition coefficient (Wildman–Crippen LogP) is 1.57. The van der Waals surface area contributed by atoms with Crippen LogP contribution in [0, 0.1) is 0 Å². The lowest BCUT2D eigenvalue weighted by Gasteiger charge is -2.24. The Morgan fingerprint density at radius 3 is 3.18 bits per heavy atom. The number of hydrogen-bond donors (Lipinski definition) is 1. The Labute approximate surface area is 101 Å². The molecule has 92 valence electrons. The third-order valence-electron chi connectivity index (χ3n) is 2.84. The Kier molecular flexibility index (Phi) is 3.64. The van der Waals surface area contributed by atoms with Crippen molar-refractivity contribution in [1.82, 2.24) is 0 Å². The summed E-state index contributed by atoms with van der Waals surface area (Å²) >= 11 is 0. The molecule has 1 aliphatic heterocycles. The molecule has 0 fully saturated rings. The number of carbonyl (C=O) groups excluding carboxylic acids is 1. The highest BCUT2D eigenvalue weighted by Crippen LogP contribution is 2.33. The van der Waals surface area contributed by atoms with Crippen LogP contribution in [0.25, 0.3) is 0 Å². The Morgan fingerprint density at radius 2 is 2.41 bits per heavy atom. The number of esters is 1. The van der Waals surface area contributed by atoms with Crippen LogP contribution in [0.15, 0.2) is 18.2 Å². The molecule has 1 aromatic carbocycles. The number of benzene rings is 1. The van der Waals surface area contributed by atoms with Crippen LogP contribution in [0.2, 0.25) is 0 Å². The van der Waals surface area contributed by atoms with Gasteiger partial charge < -0.3 is 15.2 Å².